The van der Waals surface area contributed by atoms with Crippen LogP contribution >= 0.6 is 0 Å². The van der Waals surface area contributed by atoms with Crippen molar-refractivity contribution in [1.29, 1.82) is 0 Å². The molecule has 100 valence electrons. The number of nitrogens with two attached hydrogens (primary N) is 1. The van der Waals surface area contributed by atoms with Gasteiger partial charge in [0.05, 0.1) is 10.6 Å². The molecule has 0 aromatic heterocycles. The van der Waals surface area contributed by atoms with Gasteiger partial charge in [-0.15, -0.1) is 0 Å². The lowest BCUT2D eigenvalue weighted by Crippen LogP contribution is -2.35. The SMILES string of the molecule is NC(CS(=O)(=O)c1ccc(F)cc1)C1CCCC1. The molecule has 0 amide bonds. The van der Waals surface area contributed by atoms with Crippen LogP contribution in [-0.4, -0.2) is 20.2 Å². The van der Waals surface area contributed by atoms with Crippen molar-refractivity contribution in [2.45, 2.75) is 36.6 Å². The van der Waals surface area contributed by atoms with Gasteiger partial charge in [-0.25, -0.2) is 12.8 Å². The molecule has 0 bridgehead atoms. The Kier molecular flexibility index (Phi) is 4.02. The van der Waals surface area contributed by atoms with Crippen LogP contribution in [0.2, 0.25) is 0 Å². The fraction of sp³-hybridized carbons (Fsp3) is 0.538. The maximum atomic E-state index is 12.8. The van der Waals surface area contributed by atoms with E-state index < -0.39 is 15.7 Å². The van der Waals surface area contributed by atoms with Gasteiger partial charge in [0.1, 0.15) is 5.82 Å². The first-order valence-electron chi connectivity index (χ1n) is 6.23. The Morgan fingerprint density at radius 2 is 1.78 bits per heavy atom. The van der Waals surface area contributed by atoms with Crippen molar-refractivity contribution >= 4 is 9.84 Å². The molecule has 0 aliphatic heterocycles. The highest BCUT2D eigenvalue weighted by Crippen LogP contribution is 2.28. The van der Waals surface area contributed by atoms with Crippen molar-refractivity contribution in [1.82, 2.24) is 0 Å². The highest BCUT2D eigenvalue weighted by atomic mass is 32.2. The number of halogens is 1. The molecule has 3 nitrogen and oxygen atoms in total. The Labute approximate surface area is 107 Å². The van der Waals surface area contributed by atoms with Gasteiger partial charge in [0.15, 0.2) is 9.84 Å². The van der Waals surface area contributed by atoms with E-state index in [1.54, 1.807) is 0 Å². The Bertz CT molecular complexity index is 492. The molecule has 1 unspecified atom stereocenters. The minimum atomic E-state index is -3.41. The fourth-order valence-electron chi connectivity index (χ4n) is 2.51. The Hall–Kier alpha value is -0.940. The van der Waals surface area contributed by atoms with Crippen LogP contribution in [0, 0.1) is 11.7 Å². The van der Waals surface area contributed by atoms with Crippen molar-refractivity contribution in [2.75, 3.05) is 5.75 Å². The Morgan fingerprint density at radius 1 is 1.22 bits per heavy atom. The van der Waals surface area contributed by atoms with Crippen LogP contribution in [0.1, 0.15) is 25.7 Å². The van der Waals surface area contributed by atoms with Crippen LogP contribution < -0.4 is 5.73 Å². The third-order valence-electron chi connectivity index (χ3n) is 3.59. The minimum Gasteiger partial charge on any atom is -0.327 e. The van der Waals surface area contributed by atoms with Crippen LogP contribution in [0.4, 0.5) is 4.39 Å². The van der Waals surface area contributed by atoms with Crippen LogP contribution in [0.25, 0.3) is 0 Å². The van der Waals surface area contributed by atoms with Crippen molar-refractivity contribution < 1.29 is 12.8 Å². The van der Waals surface area contributed by atoms with Crippen LogP contribution in [0.15, 0.2) is 29.2 Å². The van der Waals surface area contributed by atoms with Crippen molar-refractivity contribution in [3.05, 3.63) is 30.1 Å². The van der Waals surface area contributed by atoms with Crippen molar-refractivity contribution in [3.8, 4) is 0 Å². The molecule has 1 saturated carbocycles. The zero-order valence-electron chi connectivity index (χ0n) is 10.2. The quantitative estimate of drug-likeness (QED) is 0.853. The summed E-state index contributed by atoms with van der Waals surface area (Å²) in [5, 5.41) is 0. The highest BCUT2D eigenvalue weighted by Gasteiger charge is 2.27. The molecule has 1 fully saturated rings. The van der Waals surface area contributed by atoms with E-state index >= 15 is 0 Å². The number of sulfone groups is 1. The van der Waals surface area contributed by atoms with Crippen molar-refractivity contribution in [3.63, 3.8) is 0 Å². The molecule has 1 atom stereocenters. The van der Waals surface area contributed by atoms with E-state index in [9.17, 15) is 12.8 Å². The summed E-state index contributed by atoms with van der Waals surface area (Å²) in [6.07, 6.45) is 4.30. The van der Waals surface area contributed by atoms with Crippen LogP contribution in [-0.2, 0) is 9.84 Å². The molecule has 1 aliphatic rings. The number of benzene rings is 1. The largest absolute Gasteiger partial charge is 0.327 e. The number of hydrogen-bond donors (Lipinski definition) is 1. The smallest absolute Gasteiger partial charge is 0.179 e. The molecule has 1 aromatic rings. The monoisotopic (exact) mass is 271 g/mol. The van der Waals surface area contributed by atoms with E-state index in [1.165, 1.54) is 12.1 Å². The first-order valence-corrected chi connectivity index (χ1v) is 7.88. The summed E-state index contributed by atoms with van der Waals surface area (Å²) in [7, 11) is -3.41. The van der Waals surface area contributed by atoms with Gasteiger partial charge in [-0.3, -0.25) is 0 Å². The highest BCUT2D eigenvalue weighted by molar-refractivity contribution is 7.91. The topological polar surface area (TPSA) is 60.2 Å². The number of hydrogen-bond acceptors (Lipinski definition) is 3. The lowest BCUT2D eigenvalue weighted by Gasteiger charge is -2.18. The van der Waals surface area contributed by atoms with E-state index in [0.717, 1.165) is 37.8 Å². The molecule has 2 N–H and O–H groups in total. The van der Waals surface area contributed by atoms with Gasteiger partial charge >= 0.3 is 0 Å². The second-order valence-corrected chi connectivity index (χ2v) is 6.98. The molecule has 0 radical (unpaired) electrons. The lowest BCUT2D eigenvalue weighted by atomic mass is 10.0. The van der Waals surface area contributed by atoms with E-state index in [1.807, 2.05) is 0 Å². The summed E-state index contributed by atoms with van der Waals surface area (Å²) < 4.78 is 37.0. The molecule has 5 heteroatoms. The summed E-state index contributed by atoms with van der Waals surface area (Å²) in [5.41, 5.74) is 5.98. The van der Waals surface area contributed by atoms with Crippen LogP contribution in [0.5, 0.6) is 0 Å². The first-order chi connectivity index (χ1) is 8.49. The number of rotatable bonds is 4. The Balaban J connectivity index is 2.09. The molecule has 0 spiro atoms. The lowest BCUT2D eigenvalue weighted by molar-refractivity contribution is 0.455. The van der Waals surface area contributed by atoms with Crippen LogP contribution in [0.3, 0.4) is 0 Å². The molecule has 0 saturated heterocycles. The van der Waals surface area contributed by atoms with Gasteiger partial charge in [0.25, 0.3) is 0 Å². The molecule has 18 heavy (non-hydrogen) atoms. The summed E-state index contributed by atoms with van der Waals surface area (Å²) in [6.45, 7) is 0. The summed E-state index contributed by atoms with van der Waals surface area (Å²) in [4.78, 5) is 0.150. The van der Waals surface area contributed by atoms with E-state index in [4.69, 9.17) is 5.73 Å². The predicted molar refractivity (Wildman–Crippen MR) is 68.4 cm³/mol. The average molecular weight is 271 g/mol. The average Bonchev–Trinajstić information content (AvgIpc) is 2.82. The van der Waals surface area contributed by atoms with Gasteiger partial charge in [0, 0.05) is 6.04 Å². The van der Waals surface area contributed by atoms with Crippen molar-refractivity contribution in [2.24, 2.45) is 11.7 Å². The Morgan fingerprint density at radius 3 is 2.33 bits per heavy atom. The molecule has 0 heterocycles. The third-order valence-corrected chi connectivity index (χ3v) is 5.40. The van der Waals surface area contributed by atoms with Gasteiger partial charge in [-0.1, -0.05) is 12.8 Å². The minimum absolute atomic E-state index is 0.0523. The standard InChI is InChI=1S/C13H18FNO2S/c14-11-5-7-12(8-6-11)18(16,17)9-13(15)10-3-1-2-4-10/h5-8,10,13H,1-4,9,15H2. The molecular formula is C13H18FNO2S. The van der Waals surface area contributed by atoms with Gasteiger partial charge < -0.3 is 5.73 Å². The van der Waals surface area contributed by atoms with Gasteiger partial charge in [-0.05, 0) is 43.0 Å². The predicted octanol–water partition coefficient (Wildman–Crippen LogP) is 2.12. The van der Waals surface area contributed by atoms with E-state index in [0.29, 0.717) is 5.92 Å². The molecule has 1 aromatic carbocycles. The normalized spacial score (nSPS) is 19.0. The molecule has 2 rings (SSSR count). The zero-order valence-corrected chi connectivity index (χ0v) is 11.0. The van der Waals surface area contributed by atoms with E-state index in [2.05, 4.69) is 0 Å². The fourth-order valence-corrected chi connectivity index (χ4v) is 4.04. The molecular weight excluding hydrogens is 253 g/mol. The van der Waals surface area contributed by atoms with Gasteiger partial charge in [-0.2, -0.15) is 0 Å². The third kappa shape index (κ3) is 3.09. The summed E-state index contributed by atoms with van der Waals surface area (Å²) in [5.74, 6) is -0.183. The maximum absolute atomic E-state index is 12.8. The second kappa shape index (κ2) is 5.36. The zero-order chi connectivity index (χ0) is 13.2. The van der Waals surface area contributed by atoms with Gasteiger partial charge in [0.2, 0.25) is 0 Å². The first kappa shape index (κ1) is 13.5. The summed E-state index contributed by atoms with van der Waals surface area (Å²) in [6, 6.07) is 4.60. The maximum Gasteiger partial charge on any atom is 0.179 e. The second-order valence-electron chi connectivity index (χ2n) is 4.94. The van der Waals surface area contributed by atoms with E-state index in [-0.39, 0.29) is 16.7 Å². The molecule has 1 aliphatic carbocycles. The summed E-state index contributed by atoms with van der Waals surface area (Å²) >= 11 is 0.